The Morgan fingerprint density at radius 3 is 2.48 bits per heavy atom. The molecular weight excluding hydrogens is 931 g/mol. The third-order valence-corrected chi connectivity index (χ3v) is 13.2. The number of hydrogen-bond donors (Lipinski definition) is 6. The number of esters is 1. The monoisotopic (exact) mass is 991 g/mol. The largest absolute Gasteiger partial charge is 0.458 e. The molecule has 71 heavy (non-hydrogen) atoms. The molecule has 3 aliphatic rings. The van der Waals surface area contributed by atoms with Crippen LogP contribution in [0.15, 0.2) is 41.5 Å². The Labute approximate surface area is 416 Å². The van der Waals surface area contributed by atoms with Crippen molar-refractivity contribution in [1.29, 1.82) is 0 Å². The molecule has 1 aromatic carbocycles. The van der Waals surface area contributed by atoms with Crippen molar-refractivity contribution in [2.45, 2.75) is 110 Å². The maximum Gasteiger partial charge on any atom is 0.343 e. The molecule has 3 aliphatic heterocycles. The van der Waals surface area contributed by atoms with Gasteiger partial charge < -0.3 is 55.0 Å². The highest BCUT2D eigenvalue weighted by atomic mass is 32.1. The number of hydrogen-bond acceptors (Lipinski definition) is 14. The summed E-state index contributed by atoms with van der Waals surface area (Å²) in [7, 11) is 0. The van der Waals surface area contributed by atoms with Gasteiger partial charge in [0.1, 0.15) is 18.7 Å². The smallest absolute Gasteiger partial charge is 0.343 e. The van der Waals surface area contributed by atoms with Crippen LogP contribution in [-0.2, 0) is 47.5 Å². The quantitative estimate of drug-likeness (QED) is 0.0265. The van der Waals surface area contributed by atoms with Gasteiger partial charge in [-0.25, -0.2) is 14.8 Å². The number of cyclic esters (lactones) is 1. The summed E-state index contributed by atoms with van der Waals surface area (Å²) < 4.78 is 18.5. The first kappa shape index (κ1) is 51.9. The zero-order valence-electron chi connectivity index (χ0n) is 40.7. The van der Waals surface area contributed by atoms with Gasteiger partial charge in [0.25, 0.3) is 5.56 Å². The van der Waals surface area contributed by atoms with E-state index in [1.54, 1.807) is 42.1 Å². The highest BCUT2D eigenvalue weighted by Gasteiger charge is 2.45. The van der Waals surface area contributed by atoms with E-state index in [0.717, 1.165) is 26.1 Å². The lowest BCUT2D eigenvalue weighted by atomic mass is 9.86. The molecule has 0 saturated carbocycles. The van der Waals surface area contributed by atoms with Crippen molar-refractivity contribution in [3.63, 3.8) is 0 Å². The predicted octanol–water partition coefficient (Wildman–Crippen LogP) is 3.87. The number of aliphatic hydroxyl groups is 1. The van der Waals surface area contributed by atoms with Crippen LogP contribution in [0.1, 0.15) is 107 Å². The van der Waals surface area contributed by atoms with Crippen LogP contribution < -0.4 is 36.3 Å². The van der Waals surface area contributed by atoms with Crippen molar-refractivity contribution < 1.29 is 43.3 Å². The third kappa shape index (κ3) is 12.0. The molecule has 0 unspecified atom stereocenters. The van der Waals surface area contributed by atoms with Gasteiger partial charge in [0.05, 0.1) is 41.1 Å². The molecule has 376 valence electrons. The number of amides is 4. The van der Waals surface area contributed by atoms with Crippen molar-refractivity contribution in [2.24, 2.45) is 5.92 Å². The molecule has 0 spiro atoms. The molecule has 0 saturated heterocycles. The van der Waals surface area contributed by atoms with E-state index in [9.17, 15) is 33.9 Å². The zero-order chi connectivity index (χ0) is 50.8. The Hall–Kier alpha value is -6.95. The predicted molar refractivity (Wildman–Crippen MR) is 266 cm³/mol. The summed E-state index contributed by atoms with van der Waals surface area (Å²) in [6.07, 6.45) is 9.61. The number of aromatic nitrogens is 4. The van der Waals surface area contributed by atoms with E-state index in [1.807, 2.05) is 26.0 Å². The van der Waals surface area contributed by atoms with Crippen LogP contribution in [0.4, 0.5) is 0 Å². The first-order valence-electron chi connectivity index (χ1n) is 24.2. The second-order valence-electron chi connectivity index (χ2n) is 17.9. The summed E-state index contributed by atoms with van der Waals surface area (Å²) in [6.45, 7) is 11.7. The van der Waals surface area contributed by atoms with Gasteiger partial charge in [-0.05, 0) is 87.6 Å². The first-order chi connectivity index (χ1) is 34.1. The summed E-state index contributed by atoms with van der Waals surface area (Å²) in [5.41, 5.74) is 1.58. The number of ether oxygens (including phenoxy) is 3. The van der Waals surface area contributed by atoms with E-state index in [0.29, 0.717) is 80.9 Å². The summed E-state index contributed by atoms with van der Waals surface area (Å²) in [5.74, 6) is 4.08. The number of rotatable bonds is 21. The van der Waals surface area contributed by atoms with Gasteiger partial charge in [0.2, 0.25) is 30.4 Å². The zero-order valence-corrected chi connectivity index (χ0v) is 41.5. The average molecular weight is 992 g/mol. The molecule has 0 aliphatic carbocycles. The van der Waals surface area contributed by atoms with Gasteiger partial charge in [0.15, 0.2) is 21.9 Å². The summed E-state index contributed by atoms with van der Waals surface area (Å²) >= 11 is 4.96. The minimum Gasteiger partial charge on any atom is -0.458 e. The van der Waals surface area contributed by atoms with E-state index in [-0.39, 0.29) is 68.8 Å². The van der Waals surface area contributed by atoms with E-state index >= 15 is 0 Å². The maximum atomic E-state index is 13.9. The van der Waals surface area contributed by atoms with Gasteiger partial charge in [0, 0.05) is 54.4 Å². The van der Waals surface area contributed by atoms with Gasteiger partial charge >= 0.3 is 5.97 Å². The van der Waals surface area contributed by atoms with Crippen molar-refractivity contribution in [3.8, 4) is 34.7 Å². The van der Waals surface area contributed by atoms with Crippen LogP contribution in [0.2, 0.25) is 0 Å². The second kappa shape index (κ2) is 23.3. The number of aromatic amines is 1. The second-order valence-corrected chi connectivity index (χ2v) is 18.3. The number of unbranched alkanes of at least 4 members (excludes halogenated alkanes) is 2. The molecule has 3 atom stereocenters. The number of nitrogens with one attached hydrogen (secondary N) is 5. The molecule has 0 bridgehead atoms. The molecule has 0 radical (unpaired) electrons. The molecule has 19 nitrogen and oxygen atoms in total. The van der Waals surface area contributed by atoms with Crippen LogP contribution >= 0.6 is 12.2 Å². The van der Waals surface area contributed by atoms with Crippen LogP contribution in [0.25, 0.3) is 28.4 Å². The summed E-state index contributed by atoms with van der Waals surface area (Å²) in [6, 6.07) is 3.34. The number of H-pyrrole nitrogens is 1. The molecule has 20 heteroatoms. The molecule has 6 heterocycles. The molecule has 6 N–H and O–H groups in total. The van der Waals surface area contributed by atoms with E-state index in [1.165, 1.54) is 0 Å². The topological polar surface area (TPSA) is 248 Å². The van der Waals surface area contributed by atoms with Gasteiger partial charge in [-0.3, -0.25) is 24.0 Å². The van der Waals surface area contributed by atoms with Gasteiger partial charge in [-0.15, -0.1) is 0 Å². The van der Waals surface area contributed by atoms with Crippen LogP contribution in [0.3, 0.4) is 0 Å². The highest BCUT2D eigenvalue weighted by molar-refractivity contribution is 7.71. The first-order valence-corrected chi connectivity index (χ1v) is 24.6. The van der Waals surface area contributed by atoms with E-state index in [2.05, 4.69) is 61.8 Å². The third-order valence-electron chi connectivity index (χ3n) is 13.0. The molecule has 4 amide bonds. The summed E-state index contributed by atoms with van der Waals surface area (Å²) in [5, 5.41) is 23.3. The number of fused-ring (bicyclic) bond motifs is 6. The lowest BCUT2D eigenvalue weighted by molar-refractivity contribution is -0.172. The number of benzene rings is 1. The van der Waals surface area contributed by atoms with Gasteiger partial charge in [-0.1, -0.05) is 58.6 Å². The minimum atomic E-state index is -1.99. The Balaban J connectivity index is 0.998. The Morgan fingerprint density at radius 2 is 1.76 bits per heavy atom. The molecule has 3 aromatic heterocycles. The van der Waals surface area contributed by atoms with Crippen LogP contribution in [-0.4, -0.2) is 111 Å². The highest BCUT2D eigenvalue weighted by Crippen LogP contribution is 2.43. The van der Waals surface area contributed by atoms with Crippen molar-refractivity contribution in [2.75, 3.05) is 39.5 Å². The lowest BCUT2D eigenvalue weighted by Crippen LogP contribution is -2.56. The summed E-state index contributed by atoms with van der Waals surface area (Å²) in [4.78, 5) is 94.4. The number of carbonyl (C=O) groups is 5. The van der Waals surface area contributed by atoms with Crippen molar-refractivity contribution in [1.82, 2.24) is 45.7 Å². The van der Waals surface area contributed by atoms with E-state index < -0.39 is 46.9 Å². The fourth-order valence-corrected chi connectivity index (χ4v) is 8.95. The average Bonchev–Trinajstić information content (AvgIpc) is 3.98. The van der Waals surface area contributed by atoms with Gasteiger partial charge in [-0.2, -0.15) is 0 Å². The Bertz CT molecular complexity index is 2900. The lowest BCUT2D eigenvalue weighted by Gasteiger charge is -2.31. The van der Waals surface area contributed by atoms with E-state index in [4.69, 9.17) is 31.4 Å². The standard InChI is InChI=1S/C51H61N9O10S/c1-6-51(67)36-22-39-45-34(27-60(39)48(65)35(36)28-68-49(51)66)32(33-21-40-41(70-29-69-40)23-38(33)56-45)16-14-19-52-43(62)26-53-46(63)37(17-12-13-20-59(7-2)8-3)57-47(64)44(30(4)5)58-42(61)18-11-9-10-15-31-24-54-50(71)55-25-31/h14,16,21-25,30,37,44,67H,6-9,11-13,17-20,26-29H2,1-5H3,(H,52,62)(H,53,63)(H,57,64)(H,58,61)(H,54,55,71)/b16-14+/t37-,44-,51-/m0/s1. The molecule has 4 aromatic rings. The Morgan fingerprint density at radius 1 is 0.986 bits per heavy atom. The normalized spacial score (nSPS) is 16.1. The van der Waals surface area contributed by atoms with Crippen LogP contribution in [0.5, 0.6) is 11.5 Å². The molecule has 0 fully saturated rings. The molecular formula is C51H61N9O10S. The number of carbonyl (C=O) groups excluding carboxylic acids is 5. The fourth-order valence-electron chi connectivity index (χ4n) is 8.84. The van der Waals surface area contributed by atoms with Crippen molar-refractivity contribution >= 4 is 58.8 Å². The fraction of sp³-hybridized carbons (Fsp3) is 0.471. The Kier molecular flexibility index (Phi) is 17.0. The van der Waals surface area contributed by atoms with Crippen LogP contribution in [0, 0.1) is 22.5 Å². The number of pyridine rings is 2. The number of nitrogens with zero attached hydrogens (tertiary/aromatic N) is 4. The molecule has 7 rings (SSSR count). The minimum absolute atomic E-state index is 0.00512. The SMILES string of the molecule is CCN(CC)CCCC[C@H](NC(=O)[C@@H](NC(=O)CCCC#Cc1cnc(=S)[nH]c1)C(C)C)C(=O)NCC(=O)NC/C=C/c1c2c(nc3cc4c(cc13)OCO4)-c1cc3c(c(=O)n1C2)COC(=O)[C@]3(O)CC. The maximum absolute atomic E-state index is 13.9. The van der Waals surface area contributed by atoms with Crippen molar-refractivity contribution in [3.05, 3.63) is 79.6 Å².